The molecule has 5 nitrogen and oxygen atoms in total. The van der Waals surface area contributed by atoms with E-state index >= 15 is 0 Å². The molecule has 11 aromatic rings. The standard InChI is InChI=1S/C57H40N4O/c1-39-34-35-58-53(36-39)60-51-31-15-14-28-49(51)50-33-32-46(38-52(50)60)62-45-27-16-26-44(37-45)61-57(43-24-12-5-13-25-43)55(56(59-61)42-22-10-4-11-23-42)54-47(40-18-6-2-7-19-40)29-17-30-48(54)41-20-8-3-9-21-41/h2-38H,1H3. The SMILES string of the molecule is Cc1ccnc(-n2c3ccccc3c3ccc(Oc4cccc(-n5nc(-c6ccccc6)c(-c6c(-c7ccccc7)cccc6-c6ccccc6)c5-c5ccccc5)c4)cc32)c1. The van der Waals surface area contributed by atoms with Gasteiger partial charge in [-0.3, -0.25) is 4.57 Å². The van der Waals surface area contributed by atoms with Gasteiger partial charge in [0.1, 0.15) is 23.0 Å². The quantitative estimate of drug-likeness (QED) is 0.146. The molecule has 0 amide bonds. The predicted octanol–water partition coefficient (Wildman–Crippen LogP) is 14.8. The van der Waals surface area contributed by atoms with Crippen LogP contribution in [0.3, 0.4) is 0 Å². The Bertz CT molecular complexity index is 3310. The van der Waals surface area contributed by atoms with Gasteiger partial charge >= 0.3 is 0 Å². The Morgan fingerprint density at radius 2 is 1.02 bits per heavy atom. The molecule has 0 unspecified atom stereocenters. The first-order valence-electron chi connectivity index (χ1n) is 20.9. The van der Waals surface area contributed by atoms with Gasteiger partial charge in [-0.05, 0) is 77.2 Å². The third-order valence-electron chi connectivity index (χ3n) is 11.5. The summed E-state index contributed by atoms with van der Waals surface area (Å²) < 4.78 is 11.1. The first-order valence-corrected chi connectivity index (χ1v) is 20.9. The summed E-state index contributed by atoms with van der Waals surface area (Å²) >= 11 is 0. The van der Waals surface area contributed by atoms with Crippen molar-refractivity contribution in [1.29, 1.82) is 0 Å². The number of hydrogen-bond acceptors (Lipinski definition) is 3. The smallest absolute Gasteiger partial charge is 0.137 e. The molecular weight excluding hydrogens is 757 g/mol. The van der Waals surface area contributed by atoms with E-state index in [1.807, 2.05) is 24.4 Å². The van der Waals surface area contributed by atoms with Crippen LogP contribution in [0.15, 0.2) is 225 Å². The number of ether oxygens (including phenoxy) is 1. The van der Waals surface area contributed by atoms with E-state index < -0.39 is 0 Å². The van der Waals surface area contributed by atoms with Crippen molar-refractivity contribution < 1.29 is 4.74 Å². The fourth-order valence-corrected chi connectivity index (χ4v) is 8.76. The number of hydrogen-bond donors (Lipinski definition) is 0. The van der Waals surface area contributed by atoms with Crippen LogP contribution in [0.2, 0.25) is 0 Å². The summed E-state index contributed by atoms with van der Waals surface area (Å²) in [6, 6.07) is 76.3. The lowest BCUT2D eigenvalue weighted by atomic mass is 9.84. The maximum atomic E-state index is 6.79. The second kappa shape index (κ2) is 15.7. The molecule has 0 bridgehead atoms. The van der Waals surface area contributed by atoms with Gasteiger partial charge < -0.3 is 4.74 Å². The third-order valence-corrected chi connectivity index (χ3v) is 11.5. The van der Waals surface area contributed by atoms with Crippen LogP contribution < -0.4 is 4.74 Å². The van der Waals surface area contributed by atoms with Gasteiger partial charge in [-0.15, -0.1) is 0 Å². The summed E-state index contributed by atoms with van der Waals surface area (Å²) in [5, 5.41) is 7.90. The van der Waals surface area contributed by atoms with E-state index in [1.54, 1.807) is 0 Å². The Kier molecular flexibility index (Phi) is 9.32. The maximum absolute atomic E-state index is 6.79. The summed E-state index contributed by atoms with van der Waals surface area (Å²) in [7, 11) is 0. The lowest BCUT2D eigenvalue weighted by Crippen LogP contribution is -2.00. The number of aromatic nitrogens is 4. The maximum Gasteiger partial charge on any atom is 0.137 e. The fourth-order valence-electron chi connectivity index (χ4n) is 8.76. The van der Waals surface area contributed by atoms with Crippen LogP contribution in [-0.4, -0.2) is 19.3 Å². The second-order valence-corrected chi connectivity index (χ2v) is 15.5. The highest BCUT2D eigenvalue weighted by atomic mass is 16.5. The molecule has 8 aromatic carbocycles. The molecule has 0 atom stereocenters. The van der Waals surface area contributed by atoms with Gasteiger partial charge in [0.15, 0.2) is 0 Å². The van der Waals surface area contributed by atoms with Crippen LogP contribution in [0.25, 0.3) is 89.2 Å². The topological polar surface area (TPSA) is 44.9 Å². The molecule has 0 aliphatic rings. The van der Waals surface area contributed by atoms with Crippen LogP contribution in [0.4, 0.5) is 0 Å². The second-order valence-electron chi connectivity index (χ2n) is 15.5. The third kappa shape index (κ3) is 6.62. The number of benzene rings is 8. The molecule has 0 radical (unpaired) electrons. The van der Waals surface area contributed by atoms with Crippen LogP contribution in [0, 0.1) is 6.92 Å². The van der Waals surface area contributed by atoms with Crippen LogP contribution in [0.1, 0.15) is 5.56 Å². The molecule has 0 spiro atoms. The average Bonchev–Trinajstić information content (AvgIpc) is 3.89. The van der Waals surface area contributed by atoms with Crippen molar-refractivity contribution in [2.24, 2.45) is 0 Å². The zero-order valence-electron chi connectivity index (χ0n) is 34.1. The van der Waals surface area contributed by atoms with Crippen LogP contribution in [-0.2, 0) is 0 Å². The number of aryl methyl sites for hydroxylation is 1. The van der Waals surface area contributed by atoms with Crippen LogP contribution >= 0.6 is 0 Å². The van der Waals surface area contributed by atoms with Crippen molar-refractivity contribution in [1.82, 2.24) is 19.3 Å². The normalized spacial score (nSPS) is 11.3. The minimum atomic E-state index is 0.699. The van der Waals surface area contributed by atoms with E-state index in [2.05, 4.69) is 216 Å². The van der Waals surface area contributed by atoms with Crippen molar-refractivity contribution in [2.45, 2.75) is 6.92 Å². The van der Waals surface area contributed by atoms with Gasteiger partial charge in [0.2, 0.25) is 0 Å². The Balaban J connectivity index is 1.12. The van der Waals surface area contributed by atoms with E-state index in [0.717, 1.165) is 95.1 Å². The Morgan fingerprint density at radius 1 is 0.435 bits per heavy atom. The molecule has 0 aliphatic heterocycles. The van der Waals surface area contributed by atoms with Gasteiger partial charge in [0.05, 0.1) is 22.4 Å². The Labute approximate surface area is 360 Å². The highest BCUT2D eigenvalue weighted by Gasteiger charge is 2.28. The fraction of sp³-hybridized carbons (Fsp3) is 0.0175. The van der Waals surface area contributed by atoms with Crippen molar-refractivity contribution in [2.75, 3.05) is 0 Å². The van der Waals surface area contributed by atoms with E-state index in [-0.39, 0.29) is 0 Å². The Hall–Kier alpha value is -8.28. The van der Waals surface area contributed by atoms with Crippen molar-refractivity contribution in [3.8, 4) is 78.9 Å². The molecule has 3 heterocycles. The monoisotopic (exact) mass is 796 g/mol. The molecule has 5 heteroatoms. The van der Waals surface area contributed by atoms with Crippen molar-refractivity contribution in [3.63, 3.8) is 0 Å². The molecule has 0 aliphatic carbocycles. The number of para-hydroxylation sites is 1. The van der Waals surface area contributed by atoms with Crippen molar-refractivity contribution >= 4 is 21.8 Å². The lowest BCUT2D eigenvalue weighted by molar-refractivity contribution is 0.483. The minimum absolute atomic E-state index is 0.699. The van der Waals surface area contributed by atoms with Gasteiger partial charge in [-0.1, -0.05) is 164 Å². The van der Waals surface area contributed by atoms with Gasteiger partial charge in [0.25, 0.3) is 0 Å². The summed E-state index contributed by atoms with van der Waals surface area (Å²) in [4.78, 5) is 4.78. The first-order chi connectivity index (χ1) is 30.7. The zero-order valence-corrected chi connectivity index (χ0v) is 34.1. The highest BCUT2D eigenvalue weighted by Crippen LogP contribution is 2.49. The molecule has 11 rings (SSSR count). The number of fused-ring (bicyclic) bond motifs is 3. The molecule has 0 saturated carbocycles. The molecule has 0 saturated heterocycles. The molecular formula is C57H40N4O. The van der Waals surface area contributed by atoms with Crippen LogP contribution in [0.5, 0.6) is 11.5 Å². The zero-order chi connectivity index (χ0) is 41.4. The minimum Gasteiger partial charge on any atom is -0.457 e. The predicted molar refractivity (Wildman–Crippen MR) is 254 cm³/mol. The number of nitrogens with zero attached hydrogens (tertiary/aromatic N) is 4. The molecule has 3 aromatic heterocycles. The molecule has 0 N–H and O–H groups in total. The van der Waals surface area contributed by atoms with Crippen molar-refractivity contribution in [3.05, 3.63) is 230 Å². The van der Waals surface area contributed by atoms with Gasteiger partial charge in [-0.2, -0.15) is 5.10 Å². The largest absolute Gasteiger partial charge is 0.457 e. The lowest BCUT2D eigenvalue weighted by Gasteiger charge is -2.19. The average molecular weight is 797 g/mol. The highest BCUT2D eigenvalue weighted by molar-refractivity contribution is 6.09. The van der Waals surface area contributed by atoms with E-state index in [1.165, 1.54) is 5.39 Å². The summed E-state index contributed by atoms with van der Waals surface area (Å²) in [6.45, 7) is 2.10. The van der Waals surface area contributed by atoms with E-state index in [4.69, 9.17) is 14.8 Å². The van der Waals surface area contributed by atoms with Gasteiger partial charge in [-0.25, -0.2) is 9.67 Å². The Morgan fingerprint density at radius 3 is 1.69 bits per heavy atom. The molecule has 62 heavy (non-hydrogen) atoms. The summed E-state index contributed by atoms with van der Waals surface area (Å²) in [5.41, 5.74) is 14.8. The molecule has 0 fully saturated rings. The summed E-state index contributed by atoms with van der Waals surface area (Å²) in [6.07, 6.45) is 1.87. The number of pyridine rings is 1. The van der Waals surface area contributed by atoms with Gasteiger partial charge in [0, 0.05) is 51.4 Å². The van der Waals surface area contributed by atoms with E-state index in [0.29, 0.717) is 5.75 Å². The number of rotatable bonds is 9. The molecule has 294 valence electrons. The summed E-state index contributed by atoms with van der Waals surface area (Å²) in [5.74, 6) is 2.30. The van der Waals surface area contributed by atoms with E-state index in [9.17, 15) is 0 Å². The first kappa shape index (κ1) is 36.8.